The van der Waals surface area contributed by atoms with E-state index >= 15 is 0 Å². The number of thiophene rings is 1. The Morgan fingerprint density at radius 2 is 1.89 bits per heavy atom. The van der Waals surface area contributed by atoms with Gasteiger partial charge < -0.3 is 20.1 Å². The van der Waals surface area contributed by atoms with Gasteiger partial charge in [-0.05, 0) is 78.1 Å². The van der Waals surface area contributed by atoms with Crippen molar-refractivity contribution in [2.75, 3.05) is 12.4 Å². The van der Waals surface area contributed by atoms with Gasteiger partial charge in [-0.3, -0.25) is 4.79 Å². The van der Waals surface area contributed by atoms with E-state index in [0.29, 0.717) is 28.0 Å². The first-order chi connectivity index (χ1) is 17.7. The summed E-state index contributed by atoms with van der Waals surface area (Å²) in [5.74, 6) is 0.755. The zero-order chi connectivity index (χ0) is 26.3. The zero-order valence-corrected chi connectivity index (χ0v) is 23.0. The Kier molecular flexibility index (Phi) is 6.94. The van der Waals surface area contributed by atoms with Gasteiger partial charge in [-0.15, -0.1) is 11.3 Å². The number of carbonyl (C=O) groups excluding carboxylic acids is 2. The summed E-state index contributed by atoms with van der Waals surface area (Å²) in [7, 11) is 1.52. The maximum atomic E-state index is 13.2. The number of hydrogen-bond donors (Lipinski definition) is 2. The molecule has 1 amide bonds. The molecule has 0 bridgehead atoms. The van der Waals surface area contributed by atoms with Gasteiger partial charge in [-0.25, -0.2) is 4.79 Å². The standard InChI is InChI=1S/C29H31ClN2O4S/c1-5-29(2,3)18-9-12-20-23(15-18)37-27-24(20)26(33)31-25(32-27)17-8-13-21(22(14-17)35-4)36-28(34)16-6-10-19(30)11-7-16/h6-8,10-11,13-14,18,25,32H,5,9,12,15H2,1-4H3,(H,31,33)/t18-,25+/m1/s1. The number of rotatable bonds is 6. The van der Waals surface area contributed by atoms with E-state index in [4.69, 9.17) is 21.1 Å². The number of nitrogens with one attached hydrogen (secondary N) is 2. The van der Waals surface area contributed by atoms with Crippen LogP contribution in [0.5, 0.6) is 11.5 Å². The van der Waals surface area contributed by atoms with Gasteiger partial charge in [0.05, 0.1) is 18.2 Å². The largest absolute Gasteiger partial charge is 0.493 e. The average molecular weight is 539 g/mol. The summed E-state index contributed by atoms with van der Waals surface area (Å²) in [6.07, 6.45) is 3.80. The van der Waals surface area contributed by atoms with E-state index < -0.39 is 12.1 Å². The lowest BCUT2D eigenvalue weighted by atomic mass is 9.69. The van der Waals surface area contributed by atoms with Gasteiger partial charge in [0.15, 0.2) is 11.5 Å². The van der Waals surface area contributed by atoms with Crippen molar-refractivity contribution in [2.24, 2.45) is 11.3 Å². The maximum absolute atomic E-state index is 13.2. The lowest BCUT2D eigenvalue weighted by Gasteiger charge is -2.36. The molecule has 0 unspecified atom stereocenters. The molecule has 1 aliphatic heterocycles. The molecular weight excluding hydrogens is 508 g/mol. The molecule has 0 saturated heterocycles. The summed E-state index contributed by atoms with van der Waals surface area (Å²) in [5, 5.41) is 8.09. The van der Waals surface area contributed by atoms with Crippen molar-refractivity contribution in [1.29, 1.82) is 0 Å². The molecule has 0 spiro atoms. The molecule has 37 heavy (non-hydrogen) atoms. The van der Waals surface area contributed by atoms with Crippen molar-refractivity contribution in [3.63, 3.8) is 0 Å². The molecule has 2 heterocycles. The number of ether oxygens (including phenoxy) is 2. The minimum absolute atomic E-state index is 0.0540. The monoisotopic (exact) mass is 538 g/mol. The molecule has 0 fully saturated rings. The van der Waals surface area contributed by atoms with Crippen LogP contribution in [0.4, 0.5) is 5.00 Å². The maximum Gasteiger partial charge on any atom is 0.343 e. The Morgan fingerprint density at radius 3 is 2.59 bits per heavy atom. The Hall–Kier alpha value is -3.03. The summed E-state index contributed by atoms with van der Waals surface area (Å²) in [4.78, 5) is 27.1. The number of fused-ring (bicyclic) bond motifs is 3. The van der Waals surface area contributed by atoms with Gasteiger partial charge in [0.2, 0.25) is 0 Å². The molecule has 194 valence electrons. The third-order valence-electron chi connectivity index (χ3n) is 7.86. The van der Waals surface area contributed by atoms with Crippen LogP contribution in [0.3, 0.4) is 0 Å². The van der Waals surface area contributed by atoms with Gasteiger partial charge >= 0.3 is 5.97 Å². The van der Waals surface area contributed by atoms with E-state index in [9.17, 15) is 9.59 Å². The summed E-state index contributed by atoms with van der Waals surface area (Å²) < 4.78 is 11.1. The van der Waals surface area contributed by atoms with E-state index in [0.717, 1.165) is 41.8 Å². The number of methoxy groups -OCH3 is 1. The van der Waals surface area contributed by atoms with Gasteiger partial charge in [0.1, 0.15) is 11.2 Å². The van der Waals surface area contributed by atoms with Crippen LogP contribution in [-0.2, 0) is 12.8 Å². The minimum Gasteiger partial charge on any atom is -0.493 e. The number of halogens is 1. The smallest absolute Gasteiger partial charge is 0.343 e. The Labute approximate surface area is 226 Å². The Morgan fingerprint density at radius 1 is 1.14 bits per heavy atom. The summed E-state index contributed by atoms with van der Waals surface area (Å²) in [6.45, 7) is 6.95. The predicted octanol–water partition coefficient (Wildman–Crippen LogP) is 7.02. The lowest BCUT2D eigenvalue weighted by molar-refractivity contribution is 0.0729. The molecule has 2 N–H and O–H groups in total. The molecule has 5 rings (SSSR count). The zero-order valence-electron chi connectivity index (χ0n) is 21.4. The topological polar surface area (TPSA) is 76.7 Å². The number of amides is 1. The van der Waals surface area contributed by atoms with E-state index in [-0.39, 0.29) is 11.3 Å². The van der Waals surface area contributed by atoms with Gasteiger partial charge in [-0.2, -0.15) is 0 Å². The van der Waals surface area contributed by atoms with Crippen molar-refractivity contribution in [3.8, 4) is 11.5 Å². The van der Waals surface area contributed by atoms with Crippen LogP contribution in [-0.4, -0.2) is 19.0 Å². The number of anilines is 1. The van der Waals surface area contributed by atoms with Crippen molar-refractivity contribution < 1.29 is 19.1 Å². The number of carbonyl (C=O) groups is 2. The average Bonchev–Trinajstić information content (AvgIpc) is 3.27. The number of benzene rings is 2. The quantitative estimate of drug-likeness (QED) is 0.260. The molecule has 3 aromatic rings. The Balaban J connectivity index is 1.36. The molecule has 1 aromatic heterocycles. The number of hydrogen-bond acceptors (Lipinski definition) is 6. The van der Waals surface area contributed by atoms with Crippen LogP contribution in [0.15, 0.2) is 42.5 Å². The molecule has 1 aliphatic carbocycles. The number of esters is 1. The van der Waals surface area contributed by atoms with Crippen LogP contribution in [0.2, 0.25) is 5.02 Å². The van der Waals surface area contributed by atoms with Gasteiger partial charge in [-0.1, -0.05) is 44.9 Å². The summed E-state index contributed by atoms with van der Waals surface area (Å²) in [5.41, 5.74) is 3.47. The molecule has 2 aliphatic rings. The van der Waals surface area contributed by atoms with Crippen LogP contribution in [0.1, 0.15) is 76.5 Å². The van der Waals surface area contributed by atoms with Crippen LogP contribution in [0.25, 0.3) is 0 Å². The molecule has 8 heteroatoms. The molecule has 6 nitrogen and oxygen atoms in total. The van der Waals surface area contributed by atoms with E-state index in [2.05, 4.69) is 31.4 Å². The highest BCUT2D eigenvalue weighted by Gasteiger charge is 2.37. The normalized spacial score (nSPS) is 18.8. The highest BCUT2D eigenvalue weighted by Crippen LogP contribution is 2.47. The van der Waals surface area contributed by atoms with Crippen molar-refractivity contribution >= 4 is 39.8 Å². The SMILES string of the molecule is CCC(C)(C)[C@@H]1CCc2c(sc3c2C(=O)N[C@H](c2ccc(OC(=O)c4ccc(Cl)cc4)c(OC)c2)N3)C1. The Bertz CT molecular complexity index is 1350. The summed E-state index contributed by atoms with van der Waals surface area (Å²) in [6, 6.07) is 11.8. The highest BCUT2D eigenvalue weighted by atomic mass is 35.5. The second-order valence-corrected chi connectivity index (χ2v) is 11.9. The fourth-order valence-corrected chi connectivity index (χ4v) is 6.59. The first-order valence-corrected chi connectivity index (χ1v) is 13.8. The molecule has 0 saturated carbocycles. The molecular formula is C29H31ClN2O4S. The first kappa shape index (κ1) is 25.6. The van der Waals surface area contributed by atoms with E-state index in [1.54, 1.807) is 47.7 Å². The second kappa shape index (κ2) is 10.0. The predicted molar refractivity (Wildman–Crippen MR) is 147 cm³/mol. The fraction of sp³-hybridized carbons (Fsp3) is 0.379. The van der Waals surface area contributed by atoms with Crippen LogP contribution >= 0.6 is 22.9 Å². The molecule has 2 atom stereocenters. The van der Waals surface area contributed by atoms with Crippen molar-refractivity contribution in [3.05, 3.63) is 74.6 Å². The van der Waals surface area contributed by atoms with E-state index in [1.807, 2.05) is 6.07 Å². The minimum atomic E-state index is -0.509. The summed E-state index contributed by atoms with van der Waals surface area (Å²) >= 11 is 7.62. The van der Waals surface area contributed by atoms with Crippen molar-refractivity contribution in [1.82, 2.24) is 5.32 Å². The third-order valence-corrected chi connectivity index (χ3v) is 9.30. The highest BCUT2D eigenvalue weighted by molar-refractivity contribution is 7.16. The van der Waals surface area contributed by atoms with Gasteiger partial charge in [0, 0.05) is 9.90 Å². The van der Waals surface area contributed by atoms with Gasteiger partial charge in [0.25, 0.3) is 5.91 Å². The molecule has 0 radical (unpaired) electrons. The van der Waals surface area contributed by atoms with Crippen LogP contribution in [0, 0.1) is 11.3 Å². The fourth-order valence-electron chi connectivity index (χ4n) is 5.11. The van der Waals surface area contributed by atoms with Crippen molar-refractivity contribution in [2.45, 2.75) is 52.6 Å². The van der Waals surface area contributed by atoms with E-state index in [1.165, 1.54) is 17.6 Å². The lowest BCUT2D eigenvalue weighted by Crippen LogP contribution is -2.38. The molecule has 2 aromatic carbocycles. The first-order valence-electron chi connectivity index (χ1n) is 12.6. The van der Waals surface area contributed by atoms with Crippen LogP contribution < -0.4 is 20.1 Å². The second-order valence-electron chi connectivity index (χ2n) is 10.3. The third kappa shape index (κ3) is 4.94.